The number of benzene rings is 9. The van der Waals surface area contributed by atoms with E-state index in [1.54, 1.807) is 0 Å². The second kappa shape index (κ2) is 13.2. The molecule has 262 valence electrons. The molecule has 0 fully saturated rings. The lowest BCUT2D eigenvalue weighted by Gasteiger charge is -2.11. The summed E-state index contributed by atoms with van der Waals surface area (Å²) < 4.78 is 4.82. The van der Waals surface area contributed by atoms with Crippen LogP contribution < -0.4 is 0 Å². The molecule has 56 heavy (non-hydrogen) atoms. The van der Waals surface area contributed by atoms with E-state index < -0.39 is 0 Å². The molecule has 0 saturated carbocycles. The third-order valence-electron chi connectivity index (χ3n) is 11.3. The molecule has 0 aliphatic rings. The van der Waals surface area contributed by atoms with Crippen LogP contribution in [0.25, 0.3) is 99.5 Å². The molecule has 0 amide bonds. The van der Waals surface area contributed by atoms with Gasteiger partial charge in [-0.15, -0.1) is 0 Å². The molecule has 0 spiro atoms. The first kappa shape index (κ1) is 32.0. The van der Waals surface area contributed by atoms with Crippen molar-refractivity contribution in [2.24, 2.45) is 0 Å². The van der Waals surface area contributed by atoms with Crippen LogP contribution in [-0.2, 0) is 0 Å². The van der Waals surface area contributed by atoms with E-state index in [1.165, 1.54) is 93.8 Å². The highest BCUT2D eigenvalue weighted by Crippen LogP contribution is 2.42. The Morgan fingerprint density at radius 1 is 0.232 bits per heavy atom. The van der Waals surface area contributed by atoms with Crippen LogP contribution in [-0.4, -0.2) is 9.13 Å². The summed E-state index contributed by atoms with van der Waals surface area (Å²) in [6.07, 6.45) is 0. The fraction of sp³-hybridized carbons (Fsp3) is 0. The van der Waals surface area contributed by atoms with Gasteiger partial charge in [-0.3, -0.25) is 0 Å². The molecule has 11 aromatic rings. The van der Waals surface area contributed by atoms with Crippen LogP contribution >= 0.6 is 0 Å². The van der Waals surface area contributed by atoms with Crippen LogP contribution in [0.4, 0.5) is 0 Å². The summed E-state index contributed by atoms with van der Waals surface area (Å²) in [6, 6.07) is 79.4. The number of hydrogen-bond donors (Lipinski definition) is 0. The molecule has 2 heterocycles. The quantitative estimate of drug-likeness (QED) is 0.162. The lowest BCUT2D eigenvalue weighted by atomic mass is 9.95. The van der Waals surface area contributed by atoms with Crippen molar-refractivity contribution in [1.82, 2.24) is 9.13 Å². The van der Waals surface area contributed by atoms with Crippen LogP contribution in [0.2, 0.25) is 0 Å². The zero-order valence-corrected chi connectivity index (χ0v) is 30.7. The van der Waals surface area contributed by atoms with Crippen molar-refractivity contribution in [2.75, 3.05) is 0 Å². The maximum atomic E-state index is 2.44. The smallest absolute Gasteiger partial charge is 0.0547 e. The van der Waals surface area contributed by atoms with Crippen molar-refractivity contribution in [3.05, 3.63) is 218 Å². The molecule has 0 aliphatic heterocycles. The minimum absolute atomic E-state index is 1.14. The van der Waals surface area contributed by atoms with Gasteiger partial charge in [0.05, 0.1) is 22.1 Å². The molecule has 2 heteroatoms. The summed E-state index contributed by atoms with van der Waals surface area (Å²) in [4.78, 5) is 0. The van der Waals surface area contributed by atoms with Crippen LogP contribution in [0.15, 0.2) is 218 Å². The van der Waals surface area contributed by atoms with Crippen molar-refractivity contribution in [3.8, 4) is 55.9 Å². The third-order valence-corrected chi connectivity index (χ3v) is 11.3. The lowest BCUT2D eigenvalue weighted by molar-refractivity contribution is 1.18. The summed E-state index contributed by atoms with van der Waals surface area (Å²) in [6.45, 7) is 0. The fourth-order valence-corrected chi connectivity index (χ4v) is 8.70. The Balaban J connectivity index is 1.13. The van der Waals surface area contributed by atoms with Gasteiger partial charge in [0.15, 0.2) is 0 Å². The van der Waals surface area contributed by atoms with E-state index in [4.69, 9.17) is 0 Å². The largest absolute Gasteiger partial charge is 0.309 e. The number of aromatic nitrogens is 2. The Bertz CT molecular complexity index is 3210. The Kier molecular flexibility index (Phi) is 7.53. The molecular formula is C54H36N2. The van der Waals surface area contributed by atoms with Crippen LogP contribution in [0.5, 0.6) is 0 Å². The number of fused-ring (bicyclic) bond motifs is 6. The zero-order valence-electron chi connectivity index (χ0n) is 30.7. The molecule has 0 N–H and O–H groups in total. The van der Waals surface area contributed by atoms with Crippen LogP contribution in [0, 0.1) is 0 Å². The van der Waals surface area contributed by atoms with Gasteiger partial charge in [0.25, 0.3) is 0 Å². The Hall–Kier alpha value is -7.42. The Morgan fingerprint density at radius 3 is 1.41 bits per heavy atom. The first-order valence-corrected chi connectivity index (χ1v) is 19.3. The van der Waals surface area contributed by atoms with Gasteiger partial charge >= 0.3 is 0 Å². The predicted octanol–water partition coefficient (Wildman–Crippen LogP) is 14.5. The van der Waals surface area contributed by atoms with Gasteiger partial charge in [-0.05, 0) is 105 Å². The molecule has 11 rings (SSSR count). The topological polar surface area (TPSA) is 9.86 Å². The van der Waals surface area contributed by atoms with Gasteiger partial charge in [-0.2, -0.15) is 0 Å². The molecule has 0 aliphatic carbocycles. The monoisotopic (exact) mass is 712 g/mol. The molecule has 9 aromatic carbocycles. The molecule has 0 atom stereocenters. The molecule has 0 radical (unpaired) electrons. The summed E-state index contributed by atoms with van der Waals surface area (Å²) in [5.74, 6) is 0. The molecule has 0 bridgehead atoms. The first-order chi connectivity index (χ1) is 27.8. The summed E-state index contributed by atoms with van der Waals surface area (Å²) in [7, 11) is 0. The molecule has 0 unspecified atom stereocenters. The third kappa shape index (κ3) is 5.26. The van der Waals surface area contributed by atoms with Gasteiger partial charge in [0.1, 0.15) is 0 Å². The van der Waals surface area contributed by atoms with E-state index in [-0.39, 0.29) is 0 Å². The van der Waals surface area contributed by atoms with Gasteiger partial charge in [-0.25, -0.2) is 0 Å². The van der Waals surface area contributed by atoms with Crippen LogP contribution in [0.3, 0.4) is 0 Å². The van der Waals surface area contributed by atoms with Gasteiger partial charge in [-0.1, -0.05) is 158 Å². The van der Waals surface area contributed by atoms with Crippen molar-refractivity contribution in [3.63, 3.8) is 0 Å². The van der Waals surface area contributed by atoms with Crippen molar-refractivity contribution in [1.29, 1.82) is 0 Å². The van der Waals surface area contributed by atoms with Crippen LogP contribution in [0.1, 0.15) is 0 Å². The summed E-state index contributed by atoms with van der Waals surface area (Å²) in [5, 5.41) is 4.99. The molecule has 2 nitrogen and oxygen atoms in total. The highest BCUT2D eigenvalue weighted by Gasteiger charge is 2.19. The Morgan fingerprint density at radius 2 is 0.679 bits per heavy atom. The predicted molar refractivity (Wildman–Crippen MR) is 237 cm³/mol. The highest BCUT2D eigenvalue weighted by atomic mass is 15.0. The second-order valence-corrected chi connectivity index (χ2v) is 14.5. The minimum atomic E-state index is 1.14. The molecular weight excluding hydrogens is 677 g/mol. The van der Waals surface area contributed by atoms with Crippen molar-refractivity contribution < 1.29 is 0 Å². The fourth-order valence-electron chi connectivity index (χ4n) is 8.70. The summed E-state index contributed by atoms with van der Waals surface area (Å²) in [5.41, 5.74) is 16.8. The van der Waals surface area contributed by atoms with E-state index in [9.17, 15) is 0 Å². The summed E-state index contributed by atoms with van der Waals surface area (Å²) >= 11 is 0. The first-order valence-electron chi connectivity index (χ1n) is 19.3. The molecule has 2 aromatic heterocycles. The molecule has 0 saturated heterocycles. The van der Waals surface area contributed by atoms with Crippen molar-refractivity contribution >= 4 is 43.6 Å². The number of para-hydroxylation sites is 2. The van der Waals surface area contributed by atoms with E-state index in [0.717, 1.165) is 5.69 Å². The normalized spacial score (nSPS) is 11.6. The SMILES string of the molecule is c1ccc(-c2ccc(-c3cccc4c3c3cc(-c5ccc6c(c5)c5ccccc5n6-c5ccccc5)ccc3n4-c3cccc(-c4ccccc4)c3)cc2)cc1. The Labute approximate surface area is 325 Å². The number of nitrogens with zero attached hydrogens (tertiary/aromatic N) is 2. The number of hydrogen-bond acceptors (Lipinski definition) is 0. The second-order valence-electron chi connectivity index (χ2n) is 14.5. The van der Waals surface area contributed by atoms with Gasteiger partial charge in [0.2, 0.25) is 0 Å². The standard InChI is InChI=1S/C54H36N2/c1-4-14-37(15-5-1)39-26-28-40(29-27-39)46-23-13-25-53-54(46)49-36-43(31-33-52(49)56(53)45-21-12-18-41(34-45)38-16-6-2-7-17-38)42-30-32-51-48(35-42)47-22-10-11-24-50(47)55(51)44-19-8-3-9-20-44/h1-36H. The van der Waals surface area contributed by atoms with E-state index in [2.05, 4.69) is 228 Å². The van der Waals surface area contributed by atoms with E-state index in [1.807, 2.05) is 0 Å². The van der Waals surface area contributed by atoms with E-state index >= 15 is 0 Å². The average molecular weight is 713 g/mol. The average Bonchev–Trinajstić information content (AvgIpc) is 3.80. The van der Waals surface area contributed by atoms with Gasteiger partial charge in [0, 0.05) is 32.9 Å². The number of rotatable bonds is 6. The van der Waals surface area contributed by atoms with E-state index in [0.29, 0.717) is 0 Å². The maximum absolute atomic E-state index is 2.44. The van der Waals surface area contributed by atoms with Gasteiger partial charge < -0.3 is 9.13 Å². The highest BCUT2D eigenvalue weighted by molar-refractivity contribution is 6.17. The maximum Gasteiger partial charge on any atom is 0.0547 e. The zero-order chi connectivity index (χ0) is 37.0. The van der Waals surface area contributed by atoms with Crippen molar-refractivity contribution in [2.45, 2.75) is 0 Å². The lowest BCUT2D eigenvalue weighted by Crippen LogP contribution is -1.94. The minimum Gasteiger partial charge on any atom is -0.309 e.